The standard InChI is InChI=1S/C23H21FN4O2S/c1-3-15-4-8-17(9-5-15)20-22-21(26-14(2)31-22)23(30)28(27-20)13-19(29)25-12-16-6-10-18(24)11-7-16/h4-11H,3,12-13H2,1-2H3,(H,25,29). The van der Waals surface area contributed by atoms with Crippen LogP contribution in [-0.2, 0) is 24.3 Å². The highest BCUT2D eigenvalue weighted by molar-refractivity contribution is 7.19. The fourth-order valence-electron chi connectivity index (χ4n) is 3.26. The number of amides is 1. The number of aryl methyl sites for hydroxylation is 2. The van der Waals surface area contributed by atoms with Crippen LogP contribution >= 0.6 is 11.3 Å². The second-order valence-electron chi connectivity index (χ2n) is 7.18. The minimum atomic E-state index is -0.398. The molecule has 1 amide bonds. The van der Waals surface area contributed by atoms with Crippen LogP contribution in [0.25, 0.3) is 21.5 Å². The maximum Gasteiger partial charge on any atom is 0.294 e. The highest BCUT2D eigenvalue weighted by atomic mass is 32.1. The number of rotatable bonds is 6. The molecule has 0 fully saturated rings. The Hall–Kier alpha value is -3.39. The van der Waals surface area contributed by atoms with Crippen LogP contribution in [-0.4, -0.2) is 20.7 Å². The summed E-state index contributed by atoms with van der Waals surface area (Å²) in [4.78, 5) is 29.8. The molecule has 0 aliphatic heterocycles. The Labute approximate surface area is 182 Å². The molecule has 0 aliphatic rings. The summed E-state index contributed by atoms with van der Waals surface area (Å²) < 4.78 is 14.9. The number of carbonyl (C=O) groups excluding carboxylic acids is 1. The van der Waals surface area contributed by atoms with E-state index in [1.165, 1.54) is 29.0 Å². The van der Waals surface area contributed by atoms with Crippen LogP contribution in [0.5, 0.6) is 0 Å². The number of nitrogens with one attached hydrogen (secondary N) is 1. The van der Waals surface area contributed by atoms with E-state index in [1.807, 2.05) is 31.2 Å². The molecule has 6 nitrogen and oxygen atoms in total. The topological polar surface area (TPSA) is 76.9 Å². The molecule has 0 bridgehead atoms. The highest BCUT2D eigenvalue weighted by Gasteiger charge is 2.18. The van der Waals surface area contributed by atoms with E-state index in [0.717, 1.165) is 31.9 Å². The summed E-state index contributed by atoms with van der Waals surface area (Å²) in [6.07, 6.45) is 0.927. The Balaban J connectivity index is 1.64. The first-order valence-electron chi connectivity index (χ1n) is 9.93. The molecular formula is C23H21FN4O2S. The molecule has 0 spiro atoms. The lowest BCUT2D eigenvalue weighted by Gasteiger charge is -2.10. The van der Waals surface area contributed by atoms with Gasteiger partial charge in [-0.3, -0.25) is 9.59 Å². The van der Waals surface area contributed by atoms with E-state index in [-0.39, 0.29) is 24.8 Å². The van der Waals surface area contributed by atoms with Crippen LogP contribution in [0.2, 0.25) is 0 Å². The lowest BCUT2D eigenvalue weighted by Crippen LogP contribution is -2.33. The number of fused-ring (bicyclic) bond motifs is 1. The number of aromatic nitrogens is 3. The van der Waals surface area contributed by atoms with Crippen molar-refractivity contribution in [3.05, 3.63) is 80.8 Å². The Morgan fingerprint density at radius 3 is 2.45 bits per heavy atom. The highest BCUT2D eigenvalue weighted by Crippen LogP contribution is 2.29. The molecule has 0 aliphatic carbocycles. The molecule has 158 valence electrons. The number of carbonyl (C=O) groups is 1. The minimum Gasteiger partial charge on any atom is -0.350 e. The predicted octanol–water partition coefficient (Wildman–Crippen LogP) is 3.85. The zero-order chi connectivity index (χ0) is 22.0. The van der Waals surface area contributed by atoms with Gasteiger partial charge in [-0.1, -0.05) is 43.3 Å². The van der Waals surface area contributed by atoms with Crippen molar-refractivity contribution in [2.75, 3.05) is 0 Å². The fourth-order valence-corrected chi connectivity index (χ4v) is 4.17. The van der Waals surface area contributed by atoms with Crippen molar-refractivity contribution in [1.82, 2.24) is 20.1 Å². The number of hydrogen-bond donors (Lipinski definition) is 1. The van der Waals surface area contributed by atoms with E-state index in [1.54, 1.807) is 12.1 Å². The Kier molecular flexibility index (Phi) is 5.90. The molecule has 0 atom stereocenters. The molecule has 0 saturated heterocycles. The number of hydrogen-bond acceptors (Lipinski definition) is 5. The van der Waals surface area contributed by atoms with E-state index in [4.69, 9.17) is 0 Å². The Morgan fingerprint density at radius 1 is 1.10 bits per heavy atom. The number of thiazole rings is 1. The first-order chi connectivity index (χ1) is 14.9. The van der Waals surface area contributed by atoms with Crippen molar-refractivity contribution in [3.63, 3.8) is 0 Å². The van der Waals surface area contributed by atoms with Gasteiger partial charge < -0.3 is 5.32 Å². The molecule has 4 aromatic rings. The summed E-state index contributed by atoms with van der Waals surface area (Å²) in [6, 6.07) is 13.9. The van der Waals surface area contributed by atoms with Crippen LogP contribution in [0.15, 0.2) is 53.3 Å². The van der Waals surface area contributed by atoms with Crippen LogP contribution in [0.3, 0.4) is 0 Å². The molecule has 4 rings (SSSR count). The van der Waals surface area contributed by atoms with Crippen molar-refractivity contribution >= 4 is 27.5 Å². The first-order valence-corrected chi connectivity index (χ1v) is 10.7. The number of nitrogens with zero attached hydrogens (tertiary/aromatic N) is 3. The van der Waals surface area contributed by atoms with Gasteiger partial charge in [0, 0.05) is 12.1 Å². The van der Waals surface area contributed by atoms with Crippen molar-refractivity contribution in [2.24, 2.45) is 0 Å². The van der Waals surface area contributed by atoms with Gasteiger partial charge in [0.1, 0.15) is 18.1 Å². The molecule has 2 aromatic carbocycles. The quantitative estimate of drug-likeness (QED) is 0.498. The van der Waals surface area contributed by atoms with Gasteiger partial charge in [-0.25, -0.2) is 14.1 Å². The summed E-state index contributed by atoms with van der Waals surface area (Å²) in [5, 5.41) is 8.02. The normalized spacial score (nSPS) is 11.1. The van der Waals surface area contributed by atoms with Gasteiger partial charge in [0.2, 0.25) is 5.91 Å². The van der Waals surface area contributed by atoms with Gasteiger partial charge in [0.15, 0.2) is 5.52 Å². The van der Waals surface area contributed by atoms with E-state index in [9.17, 15) is 14.0 Å². The second-order valence-corrected chi connectivity index (χ2v) is 8.38. The van der Waals surface area contributed by atoms with Crippen LogP contribution in [0.4, 0.5) is 4.39 Å². The van der Waals surface area contributed by atoms with Crippen LogP contribution in [0.1, 0.15) is 23.1 Å². The van der Waals surface area contributed by atoms with Gasteiger partial charge in [-0.15, -0.1) is 11.3 Å². The summed E-state index contributed by atoms with van der Waals surface area (Å²) in [7, 11) is 0. The molecule has 8 heteroatoms. The molecule has 31 heavy (non-hydrogen) atoms. The largest absolute Gasteiger partial charge is 0.350 e. The lowest BCUT2D eigenvalue weighted by atomic mass is 10.1. The monoisotopic (exact) mass is 436 g/mol. The van der Waals surface area contributed by atoms with Crippen LogP contribution < -0.4 is 10.9 Å². The van der Waals surface area contributed by atoms with Gasteiger partial charge in [0.25, 0.3) is 5.56 Å². The third-order valence-corrected chi connectivity index (χ3v) is 5.92. The molecule has 2 heterocycles. The SMILES string of the molecule is CCc1ccc(-c2nn(CC(=O)NCc3ccc(F)cc3)c(=O)c3nc(C)sc23)cc1. The lowest BCUT2D eigenvalue weighted by molar-refractivity contribution is -0.122. The average Bonchev–Trinajstić information content (AvgIpc) is 3.17. The van der Waals surface area contributed by atoms with Gasteiger partial charge in [-0.05, 0) is 36.6 Å². The average molecular weight is 437 g/mol. The van der Waals surface area contributed by atoms with Crippen molar-refractivity contribution in [2.45, 2.75) is 33.4 Å². The smallest absolute Gasteiger partial charge is 0.294 e. The van der Waals surface area contributed by atoms with E-state index >= 15 is 0 Å². The van der Waals surface area contributed by atoms with Crippen molar-refractivity contribution in [3.8, 4) is 11.3 Å². The summed E-state index contributed by atoms with van der Waals surface area (Å²) >= 11 is 1.42. The van der Waals surface area contributed by atoms with Gasteiger partial charge in [-0.2, -0.15) is 5.10 Å². The third-order valence-electron chi connectivity index (χ3n) is 4.94. The zero-order valence-electron chi connectivity index (χ0n) is 17.2. The molecule has 0 saturated carbocycles. The van der Waals surface area contributed by atoms with Gasteiger partial charge >= 0.3 is 0 Å². The minimum absolute atomic E-state index is 0.230. The second kappa shape index (κ2) is 8.77. The predicted molar refractivity (Wildman–Crippen MR) is 119 cm³/mol. The number of benzene rings is 2. The first kappa shape index (κ1) is 20.9. The molecule has 0 unspecified atom stereocenters. The summed E-state index contributed by atoms with van der Waals surface area (Å²) in [5.41, 5.74) is 3.38. The molecule has 0 radical (unpaired) electrons. The number of halogens is 1. The molecular weight excluding hydrogens is 415 g/mol. The fraction of sp³-hybridized carbons (Fsp3) is 0.217. The van der Waals surface area contributed by atoms with Crippen molar-refractivity contribution < 1.29 is 9.18 Å². The molecule has 1 N–H and O–H groups in total. The van der Waals surface area contributed by atoms with Gasteiger partial charge in [0.05, 0.1) is 9.71 Å². The molecule has 2 aromatic heterocycles. The maximum atomic E-state index is 13.0. The third kappa shape index (κ3) is 4.54. The Bertz CT molecular complexity index is 1290. The van der Waals surface area contributed by atoms with Crippen molar-refractivity contribution in [1.29, 1.82) is 0 Å². The van der Waals surface area contributed by atoms with E-state index in [2.05, 4.69) is 22.3 Å². The van der Waals surface area contributed by atoms with Crippen LogP contribution in [0, 0.1) is 12.7 Å². The Morgan fingerprint density at radius 2 is 1.77 bits per heavy atom. The maximum absolute atomic E-state index is 13.0. The van der Waals surface area contributed by atoms with E-state index < -0.39 is 5.56 Å². The zero-order valence-corrected chi connectivity index (χ0v) is 18.0. The summed E-state index contributed by atoms with van der Waals surface area (Å²) in [5.74, 6) is -0.699. The summed E-state index contributed by atoms with van der Waals surface area (Å²) in [6.45, 7) is 3.93. The van der Waals surface area contributed by atoms with E-state index in [0.29, 0.717) is 11.2 Å².